The van der Waals surface area contributed by atoms with Crippen molar-refractivity contribution in [1.29, 1.82) is 0 Å². The molecule has 0 bridgehead atoms. The van der Waals surface area contributed by atoms with Gasteiger partial charge in [-0.05, 0) is 65.6 Å². The number of amides is 1. The van der Waals surface area contributed by atoms with Gasteiger partial charge in [-0.3, -0.25) is 9.52 Å². The van der Waals surface area contributed by atoms with Crippen molar-refractivity contribution < 1.29 is 13.2 Å². The Balaban J connectivity index is 1.50. The van der Waals surface area contributed by atoms with Crippen LogP contribution in [0.2, 0.25) is 0 Å². The zero-order valence-electron chi connectivity index (χ0n) is 20.8. The highest BCUT2D eigenvalue weighted by molar-refractivity contribution is 7.92. The summed E-state index contributed by atoms with van der Waals surface area (Å²) in [5.41, 5.74) is 4.33. The largest absolute Gasteiger partial charge is 0.350 e. The van der Waals surface area contributed by atoms with E-state index in [2.05, 4.69) is 35.8 Å². The Labute approximate surface area is 212 Å². The van der Waals surface area contributed by atoms with Crippen LogP contribution in [-0.4, -0.2) is 25.9 Å². The summed E-state index contributed by atoms with van der Waals surface area (Å²) in [5.74, 6) is 0.412. The van der Waals surface area contributed by atoms with Crippen LogP contribution in [0.25, 0.3) is 22.0 Å². The van der Waals surface area contributed by atoms with E-state index in [1.807, 2.05) is 42.5 Å². The van der Waals surface area contributed by atoms with Gasteiger partial charge in [-0.1, -0.05) is 63.2 Å². The number of aromatic nitrogens is 1. The Morgan fingerprint density at radius 2 is 1.67 bits per heavy atom. The van der Waals surface area contributed by atoms with Gasteiger partial charge in [0.15, 0.2) is 0 Å². The molecule has 3 N–H and O–H groups in total. The second-order valence-corrected chi connectivity index (χ2v) is 12.2. The van der Waals surface area contributed by atoms with Crippen molar-refractivity contribution in [2.45, 2.75) is 43.9 Å². The van der Waals surface area contributed by atoms with E-state index in [4.69, 9.17) is 0 Å². The molecule has 4 aromatic rings. The standard InChI is InChI=1S/C29H31N3O3S/c1-29(2,3)21-11-14-23(15-12-21)36(34,35)32-22-13-16-25-24(17-22)26(20-7-5-4-6-8-20)27(31-25)28(33)30-18-19-9-10-19/h4-8,11-17,19,31-32H,9-10,18H2,1-3H3,(H,30,33). The smallest absolute Gasteiger partial charge is 0.268 e. The van der Waals surface area contributed by atoms with Gasteiger partial charge in [0.05, 0.1) is 4.90 Å². The van der Waals surface area contributed by atoms with Crippen LogP contribution in [0, 0.1) is 5.92 Å². The fourth-order valence-corrected chi connectivity index (χ4v) is 5.38. The van der Waals surface area contributed by atoms with Crippen molar-refractivity contribution in [3.05, 3.63) is 84.1 Å². The average Bonchev–Trinajstić information content (AvgIpc) is 3.61. The number of H-pyrrole nitrogens is 1. The van der Waals surface area contributed by atoms with Gasteiger partial charge < -0.3 is 10.3 Å². The van der Waals surface area contributed by atoms with E-state index in [1.165, 1.54) is 0 Å². The molecule has 0 saturated heterocycles. The summed E-state index contributed by atoms with van der Waals surface area (Å²) in [4.78, 5) is 16.5. The highest BCUT2D eigenvalue weighted by Crippen LogP contribution is 2.35. The Morgan fingerprint density at radius 3 is 2.31 bits per heavy atom. The minimum absolute atomic E-state index is 0.0640. The molecule has 1 heterocycles. The maximum Gasteiger partial charge on any atom is 0.268 e. The van der Waals surface area contributed by atoms with Gasteiger partial charge in [0.25, 0.3) is 15.9 Å². The first kappa shape index (κ1) is 24.1. The molecule has 0 unspecified atom stereocenters. The highest BCUT2D eigenvalue weighted by Gasteiger charge is 2.25. The molecule has 36 heavy (non-hydrogen) atoms. The van der Waals surface area contributed by atoms with Crippen molar-refractivity contribution in [3.63, 3.8) is 0 Å². The predicted octanol–water partition coefficient (Wildman–Crippen LogP) is 6.07. The van der Waals surface area contributed by atoms with E-state index in [1.54, 1.807) is 30.3 Å². The lowest BCUT2D eigenvalue weighted by molar-refractivity contribution is 0.0948. The molecule has 0 aliphatic heterocycles. The van der Waals surface area contributed by atoms with Gasteiger partial charge in [0.2, 0.25) is 0 Å². The topological polar surface area (TPSA) is 91.1 Å². The molecular weight excluding hydrogens is 470 g/mol. The van der Waals surface area contributed by atoms with Crippen LogP contribution in [0.3, 0.4) is 0 Å². The number of hydrogen-bond acceptors (Lipinski definition) is 3. The zero-order chi connectivity index (χ0) is 25.5. The summed E-state index contributed by atoms with van der Waals surface area (Å²) in [6, 6.07) is 21.9. The number of benzene rings is 3. The van der Waals surface area contributed by atoms with Gasteiger partial charge in [-0.25, -0.2) is 8.42 Å². The van der Waals surface area contributed by atoms with Gasteiger partial charge in [-0.2, -0.15) is 0 Å². The lowest BCUT2D eigenvalue weighted by Crippen LogP contribution is -2.26. The molecule has 5 rings (SSSR count). The number of sulfonamides is 1. The van der Waals surface area contributed by atoms with Crippen LogP contribution in [0.15, 0.2) is 77.7 Å². The molecule has 1 aliphatic rings. The first-order valence-corrected chi connectivity index (χ1v) is 13.7. The van der Waals surface area contributed by atoms with E-state index in [0.717, 1.165) is 40.4 Å². The quantitative estimate of drug-likeness (QED) is 0.287. The van der Waals surface area contributed by atoms with E-state index in [0.29, 0.717) is 23.8 Å². The number of hydrogen-bond donors (Lipinski definition) is 3. The zero-order valence-corrected chi connectivity index (χ0v) is 21.6. The molecule has 0 atom stereocenters. The van der Waals surface area contributed by atoms with Gasteiger partial charge in [0.1, 0.15) is 5.69 Å². The first-order valence-electron chi connectivity index (χ1n) is 12.2. The van der Waals surface area contributed by atoms with Crippen molar-refractivity contribution in [3.8, 4) is 11.1 Å². The van der Waals surface area contributed by atoms with E-state index < -0.39 is 10.0 Å². The molecule has 1 amide bonds. The monoisotopic (exact) mass is 501 g/mol. The van der Waals surface area contributed by atoms with Crippen molar-refractivity contribution in [1.82, 2.24) is 10.3 Å². The molecule has 3 aromatic carbocycles. The Kier molecular flexibility index (Phi) is 6.12. The average molecular weight is 502 g/mol. The van der Waals surface area contributed by atoms with Gasteiger partial charge in [-0.15, -0.1) is 0 Å². The normalized spacial score (nSPS) is 14.1. The lowest BCUT2D eigenvalue weighted by atomic mass is 9.87. The predicted molar refractivity (Wildman–Crippen MR) is 145 cm³/mol. The summed E-state index contributed by atoms with van der Waals surface area (Å²) in [5, 5.41) is 3.82. The van der Waals surface area contributed by atoms with E-state index >= 15 is 0 Å². The summed E-state index contributed by atoms with van der Waals surface area (Å²) in [6.07, 6.45) is 2.31. The number of nitrogens with one attached hydrogen (secondary N) is 3. The Bertz CT molecular complexity index is 1510. The highest BCUT2D eigenvalue weighted by atomic mass is 32.2. The van der Waals surface area contributed by atoms with Crippen LogP contribution in [0.4, 0.5) is 5.69 Å². The van der Waals surface area contributed by atoms with Crippen LogP contribution < -0.4 is 10.0 Å². The summed E-state index contributed by atoms with van der Waals surface area (Å²) in [7, 11) is -3.78. The van der Waals surface area contributed by atoms with Crippen molar-refractivity contribution in [2.24, 2.45) is 5.92 Å². The van der Waals surface area contributed by atoms with Crippen molar-refractivity contribution >= 4 is 32.5 Å². The number of fused-ring (bicyclic) bond motifs is 1. The van der Waals surface area contributed by atoms with E-state index in [9.17, 15) is 13.2 Å². The summed E-state index contributed by atoms with van der Waals surface area (Å²) < 4.78 is 29.0. The number of carbonyl (C=O) groups excluding carboxylic acids is 1. The van der Waals surface area contributed by atoms with E-state index in [-0.39, 0.29) is 16.2 Å². The van der Waals surface area contributed by atoms with Crippen LogP contribution in [-0.2, 0) is 15.4 Å². The molecule has 7 heteroatoms. The third kappa shape index (κ3) is 5.02. The molecular formula is C29H31N3O3S. The fourth-order valence-electron chi connectivity index (χ4n) is 4.33. The molecule has 1 saturated carbocycles. The molecule has 0 radical (unpaired) electrons. The number of carbonyl (C=O) groups is 1. The molecule has 6 nitrogen and oxygen atoms in total. The lowest BCUT2D eigenvalue weighted by Gasteiger charge is -2.19. The number of anilines is 1. The third-order valence-corrected chi connectivity index (χ3v) is 8.02. The summed E-state index contributed by atoms with van der Waals surface area (Å²) >= 11 is 0. The number of rotatable bonds is 7. The van der Waals surface area contributed by atoms with Crippen molar-refractivity contribution in [2.75, 3.05) is 11.3 Å². The maximum atomic E-state index is 13.1. The van der Waals surface area contributed by atoms with Crippen LogP contribution in [0.5, 0.6) is 0 Å². The fraction of sp³-hybridized carbons (Fsp3) is 0.276. The third-order valence-electron chi connectivity index (χ3n) is 6.62. The summed E-state index contributed by atoms with van der Waals surface area (Å²) in [6.45, 7) is 6.93. The minimum atomic E-state index is -3.78. The van der Waals surface area contributed by atoms with Gasteiger partial charge in [0, 0.05) is 28.7 Å². The SMILES string of the molecule is CC(C)(C)c1ccc(S(=O)(=O)Nc2ccc3[nH]c(C(=O)NCC4CC4)c(-c4ccccc4)c3c2)cc1. The molecule has 1 aromatic heterocycles. The molecule has 186 valence electrons. The van der Waals surface area contributed by atoms with Crippen LogP contribution >= 0.6 is 0 Å². The first-order chi connectivity index (χ1) is 17.1. The Hall–Kier alpha value is -3.58. The Morgan fingerprint density at radius 1 is 0.972 bits per heavy atom. The van der Waals surface area contributed by atoms with Crippen LogP contribution in [0.1, 0.15) is 49.7 Å². The molecule has 1 fully saturated rings. The maximum absolute atomic E-state index is 13.1. The molecule has 0 spiro atoms. The van der Waals surface area contributed by atoms with Gasteiger partial charge >= 0.3 is 0 Å². The number of aromatic amines is 1. The minimum Gasteiger partial charge on any atom is -0.350 e. The molecule has 1 aliphatic carbocycles. The second kappa shape index (κ2) is 9.13. The second-order valence-electron chi connectivity index (χ2n) is 10.5.